The fourth-order valence-electron chi connectivity index (χ4n) is 7.53. The highest BCUT2D eigenvalue weighted by Gasteiger charge is 2.18. The lowest BCUT2D eigenvalue weighted by molar-refractivity contribution is 1.13. The highest BCUT2D eigenvalue weighted by atomic mass is 15.0. The van der Waals surface area contributed by atoms with Crippen LogP contribution in [0.25, 0.3) is 82.3 Å². The molecule has 10 rings (SSSR count). The van der Waals surface area contributed by atoms with Gasteiger partial charge in [-0.25, -0.2) is 0 Å². The zero-order valence-electron chi connectivity index (χ0n) is 24.4. The van der Waals surface area contributed by atoms with E-state index in [-0.39, 0.29) is 0 Å². The fraction of sp³-hybridized carbons (Fsp3) is 0. The van der Waals surface area contributed by atoms with Gasteiger partial charge in [-0.1, -0.05) is 91.0 Å². The molecule has 3 heteroatoms. The maximum Gasteiger partial charge on any atom is 0.0626 e. The Bertz CT molecular complexity index is 2740. The van der Waals surface area contributed by atoms with E-state index in [0.29, 0.717) is 0 Å². The summed E-state index contributed by atoms with van der Waals surface area (Å²) >= 11 is 0. The molecule has 0 unspecified atom stereocenters. The molecular formula is C42H27N3. The Morgan fingerprint density at radius 2 is 0.911 bits per heavy atom. The van der Waals surface area contributed by atoms with Gasteiger partial charge in [-0.2, -0.15) is 0 Å². The monoisotopic (exact) mass is 573 g/mol. The molecule has 0 aliphatic rings. The Morgan fingerprint density at radius 1 is 0.333 bits per heavy atom. The quantitative estimate of drug-likeness (QED) is 0.200. The number of para-hydroxylation sites is 4. The molecule has 0 saturated carbocycles. The Labute approximate surface area is 259 Å². The van der Waals surface area contributed by atoms with E-state index >= 15 is 0 Å². The van der Waals surface area contributed by atoms with E-state index in [1.54, 1.807) is 0 Å². The number of fused-ring (bicyclic) bond motifs is 10. The standard InChI is InChI=1S/C42H27N3/c1-3-11-29(12-4-1)44-38-17-9-8-16-33(38)36-27-31(21-24-40(36)44)43-26-25-35-37(43)23-20-28-19-22-34-32-15-7-10-18-39(32)45(42(34)41(28)35)30-13-5-2-6-14-30/h1-27H. The number of hydrogen-bond donors (Lipinski definition) is 0. The first-order valence-corrected chi connectivity index (χ1v) is 15.5. The van der Waals surface area contributed by atoms with E-state index in [0.717, 1.165) is 5.69 Å². The highest BCUT2D eigenvalue weighted by Crippen LogP contribution is 2.40. The Morgan fingerprint density at radius 3 is 1.67 bits per heavy atom. The molecule has 0 N–H and O–H groups in total. The van der Waals surface area contributed by atoms with Crippen molar-refractivity contribution in [2.75, 3.05) is 0 Å². The molecule has 0 spiro atoms. The average Bonchev–Trinajstić information content (AvgIpc) is 3.79. The Kier molecular flexibility index (Phi) is 5.00. The molecule has 0 atom stereocenters. The van der Waals surface area contributed by atoms with E-state index in [1.165, 1.54) is 76.7 Å². The van der Waals surface area contributed by atoms with Crippen molar-refractivity contribution in [1.29, 1.82) is 0 Å². The summed E-state index contributed by atoms with van der Waals surface area (Å²) in [5, 5.41) is 8.84. The summed E-state index contributed by atoms with van der Waals surface area (Å²) in [6, 6.07) is 57.2. The third-order valence-electron chi connectivity index (χ3n) is 9.45. The summed E-state index contributed by atoms with van der Waals surface area (Å²) in [5.41, 5.74) is 9.61. The van der Waals surface area contributed by atoms with Crippen molar-refractivity contribution in [2.45, 2.75) is 0 Å². The molecule has 45 heavy (non-hydrogen) atoms. The van der Waals surface area contributed by atoms with Gasteiger partial charge in [0, 0.05) is 55.6 Å². The second-order valence-corrected chi connectivity index (χ2v) is 11.8. The van der Waals surface area contributed by atoms with Crippen molar-refractivity contribution in [3.8, 4) is 17.1 Å². The molecule has 0 fully saturated rings. The number of benzene rings is 7. The highest BCUT2D eigenvalue weighted by molar-refractivity contribution is 6.25. The van der Waals surface area contributed by atoms with Gasteiger partial charge in [0.1, 0.15) is 0 Å². The first-order chi connectivity index (χ1) is 22.3. The Hall–Kier alpha value is -6.06. The molecule has 0 bridgehead atoms. The van der Waals surface area contributed by atoms with Crippen LogP contribution in [0.2, 0.25) is 0 Å². The van der Waals surface area contributed by atoms with Gasteiger partial charge in [-0.15, -0.1) is 0 Å². The van der Waals surface area contributed by atoms with Crippen molar-refractivity contribution in [3.63, 3.8) is 0 Å². The molecule has 3 heterocycles. The Balaban J connectivity index is 1.26. The van der Waals surface area contributed by atoms with Crippen molar-refractivity contribution in [1.82, 2.24) is 13.7 Å². The molecule has 0 saturated heterocycles. The van der Waals surface area contributed by atoms with E-state index in [4.69, 9.17) is 0 Å². The van der Waals surface area contributed by atoms with Crippen LogP contribution in [0.5, 0.6) is 0 Å². The minimum absolute atomic E-state index is 1.16. The van der Waals surface area contributed by atoms with E-state index in [1.807, 2.05) is 0 Å². The van der Waals surface area contributed by atoms with Crippen molar-refractivity contribution in [3.05, 3.63) is 164 Å². The average molecular weight is 574 g/mol. The summed E-state index contributed by atoms with van der Waals surface area (Å²) in [7, 11) is 0. The summed E-state index contributed by atoms with van der Waals surface area (Å²) in [5.74, 6) is 0. The van der Waals surface area contributed by atoms with E-state index in [2.05, 4.69) is 178 Å². The molecule has 7 aromatic carbocycles. The maximum atomic E-state index is 2.44. The van der Waals surface area contributed by atoms with Gasteiger partial charge in [0.15, 0.2) is 0 Å². The van der Waals surface area contributed by atoms with Gasteiger partial charge >= 0.3 is 0 Å². The van der Waals surface area contributed by atoms with Gasteiger partial charge < -0.3 is 13.7 Å². The second kappa shape index (κ2) is 9.22. The lowest BCUT2D eigenvalue weighted by atomic mass is 10.0. The minimum Gasteiger partial charge on any atom is -0.317 e. The third kappa shape index (κ3) is 3.41. The number of nitrogens with zero attached hydrogens (tertiary/aromatic N) is 3. The lowest BCUT2D eigenvalue weighted by Gasteiger charge is -2.12. The van der Waals surface area contributed by atoms with Crippen LogP contribution in [0.1, 0.15) is 0 Å². The third-order valence-corrected chi connectivity index (χ3v) is 9.45. The van der Waals surface area contributed by atoms with Crippen LogP contribution in [-0.4, -0.2) is 13.7 Å². The summed E-state index contributed by atoms with van der Waals surface area (Å²) in [6.07, 6.45) is 2.23. The molecule has 3 aromatic heterocycles. The number of hydrogen-bond acceptors (Lipinski definition) is 0. The van der Waals surface area contributed by atoms with Gasteiger partial charge in [-0.05, 0) is 72.1 Å². The van der Waals surface area contributed by atoms with Crippen molar-refractivity contribution < 1.29 is 0 Å². The van der Waals surface area contributed by atoms with Gasteiger partial charge in [0.25, 0.3) is 0 Å². The smallest absolute Gasteiger partial charge is 0.0626 e. The molecule has 0 aliphatic carbocycles. The van der Waals surface area contributed by atoms with Gasteiger partial charge in [-0.3, -0.25) is 0 Å². The van der Waals surface area contributed by atoms with Crippen LogP contribution in [-0.2, 0) is 0 Å². The molecule has 0 aliphatic heterocycles. The predicted molar refractivity (Wildman–Crippen MR) is 189 cm³/mol. The topological polar surface area (TPSA) is 14.8 Å². The van der Waals surface area contributed by atoms with E-state index < -0.39 is 0 Å². The molecule has 0 radical (unpaired) electrons. The summed E-state index contributed by atoms with van der Waals surface area (Å²) in [6.45, 7) is 0. The fourth-order valence-corrected chi connectivity index (χ4v) is 7.53. The summed E-state index contributed by atoms with van der Waals surface area (Å²) < 4.78 is 7.15. The van der Waals surface area contributed by atoms with Crippen molar-refractivity contribution in [2.24, 2.45) is 0 Å². The second-order valence-electron chi connectivity index (χ2n) is 11.8. The first-order valence-electron chi connectivity index (χ1n) is 15.5. The lowest BCUT2D eigenvalue weighted by Crippen LogP contribution is -1.95. The normalized spacial score (nSPS) is 12.0. The van der Waals surface area contributed by atoms with Gasteiger partial charge in [0.05, 0.1) is 27.6 Å². The van der Waals surface area contributed by atoms with Crippen LogP contribution in [0.15, 0.2) is 164 Å². The largest absolute Gasteiger partial charge is 0.317 e. The van der Waals surface area contributed by atoms with Crippen LogP contribution in [0.4, 0.5) is 0 Å². The predicted octanol–water partition coefficient (Wildman–Crippen LogP) is 11.0. The molecule has 0 amide bonds. The minimum atomic E-state index is 1.16. The van der Waals surface area contributed by atoms with Crippen LogP contribution in [0.3, 0.4) is 0 Å². The SMILES string of the molecule is c1ccc(-n2c3ccccc3c3cc(-n4ccc5c6c(ccc7c8ccccc8n(-c8ccccc8)c76)ccc54)ccc32)cc1. The summed E-state index contributed by atoms with van der Waals surface area (Å²) in [4.78, 5) is 0. The zero-order chi connectivity index (χ0) is 29.5. The number of aromatic nitrogens is 3. The van der Waals surface area contributed by atoms with Gasteiger partial charge in [0.2, 0.25) is 0 Å². The molecule has 10 aromatic rings. The number of rotatable bonds is 3. The zero-order valence-corrected chi connectivity index (χ0v) is 24.4. The molecule has 3 nitrogen and oxygen atoms in total. The van der Waals surface area contributed by atoms with Crippen LogP contribution in [0, 0.1) is 0 Å². The molecular weight excluding hydrogens is 546 g/mol. The van der Waals surface area contributed by atoms with Crippen molar-refractivity contribution >= 4 is 65.3 Å². The maximum absolute atomic E-state index is 2.44. The first kappa shape index (κ1) is 24.4. The molecule has 210 valence electrons. The van der Waals surface area contributed by atoms with Crippen LogP contribution < -0.4 is 0 Å². The van der Waals surface area contributed by atoms with E-state index in [9.17, 15) is 0 Å². The van der Waals surface area contributed by atoms with Crippen LogP contribution >= 0.6 is 0 Å².